The maximum absolute atomic E-state index is 12.7. The van der Waals surface area contributed by atoms with Gasteiger partial charge < -0.3 is 10.4 Å². The molecule has 0 aliphatic rings. The van der Waals surface area contributed by atoms with Crippen molar-refractivity contribution in [3.63, 3.8) is 0 Å². The van der Waals surface area contributed by atoms with E-state index in [4.69, 9.17) is 11.6 Å². The minimum Gasteiger partial charge on any atom is -0.506 e. The van der Waals surface area contributed by atoms with E-state index in [0.29, 0.717) is 10.6 Å². The fourth-order valence-electron chi connectivity index (χ4n) is 2.40. The average molecular weight is 352 g/mol. The summed E-state index contributed by atoms with van der Waals surface area (Å²) >= 11 is 5.85. The Morgan fingerprint density at radius 3 is 2.08 bits per heavy atom. The average Bonchev–Trinajstić information content (AvgIpc) is 2.63. The highest BCUT2D eigenvalue weighted by atomic mass is 35.5. The van der Waals surface area contributed by atoms with Crippen molar-refractivity contribution in [1.29, 1.82) is 0 Å². The van der Waals surface area contributed by atoms with Crippen LogP contribution in [0.15, 0.2) is 72.8 Å². The minimum atomic E-state index is -0.473. The van der Waals surface area contributed by atoms with Crippen molar-refractivity contribution in [2.75, 3.05) is 5.32 Å². The molecule has 4 nitrogen and oxygen atoms in total. The molecule has 3 rings (SSSR count). The Labute approximate surface area is 149 Å². The summed E-state index contributed by atoms with van der Waals surface area (Å²) in [7, 11) is 0. The van der Waals surface area contributed by atoms with Crippen molar-refractivity contribution in [2.45, 2.75) is 0 Å². The Balaban J connectivity index is 1.93. The maximum Gasteiger partial charge on any atom is 0.256 e. The van der Waals surface area contributed by atoms with Crippen molar-refractivity contribution in [3.8, 4) is 5.75 Å². The van der Waals surface area contributed by atoms with E-state index in [-0.39, 0.29) is 28.3 Å². The first-order chi connectivity index (χ1) is 12.1. The molecule has 0 fully saturated rings. The first-order valence-corrected chi connectivity index (χ1v) is 7.92. The number of halogens is 1. The minimum absolute atomic E-state index is 0.0441. The molecule has 3 aromatic carbocycles. The van der Waals surface area contributed by atoms with E-state index in [1.54, 1.807) is 66.7 Å². The van der Waals surface area contributed by atoms with Crippen LogP contribution in [0.4, 0.5) is 5.69 Å². The Kier molecular flexibility index (Phi) is 4.82. The summed E-state index contributed by atoms with van der Waals surface area (Å²) in [4.78, 5) is 25.3. The highest BCUT2D eigenvalue weighted by Crippen LogP contribution is 2.23. The van der Waals surface area contributed by atoms with Crippen LogP contribution in [0.3, 0.4) is 0 Å². The summed E-state index contributed by atoms with van der Waals surface area (Å²) in [6.45, 7) is 0. The lowest BCUT2D eigenvalue weighted by molar-refractivity contribution is 0.0996. The van der Waals surface area contributed by atoms with E-state index in [0.717, 1.165) is 0 Å². The van der Waals surface area contributed by atoms with Crippen molar-refractivity contribution in [3.05, 3.63) is 94.5 Å². The molecule has 0 saturated carbocycles. The van der Waals surface area contributed by atoms with Crippen molar-refractivity contribution in [2.24, 2.45) is 0 Å². The second-order valence-corrected chi connectivity index (χ2v) is 5.79. The van der Waals surface area contributed by atoms with Crippen LogP contribution >= 0.6 is 11.6 Å². The maximum atomic E-state index is 12.7. The van der Waals surface area contributed by atoms with E-state index in [9.17, 15) is 14.7 Å². The normalized spacial score (nSPS) is 10.3. The van der Waals surface area contributed by atoms with Gasteiger partial charge in [0.25, 0.3) is 5.91 Å². The molecule has 0 spiro atoms. The Hall–Kier alpha value is -3.11. The third kappa shape index (κ3) is 3.70. The van der Waals surface area contributed by atoms with Crippen molar-refractivity contribution >= 4 is 29.0 Å². The SMILES string of the molecule is O=C(Nc1ccccc1O)c1ccccc1C(=O)c1ccc(Cl)cc1. The number of hydrogen-bond donors (Lipinski definition) is 2. The number of amides is 1. The third-order valence-corrected chi connectivity index (χ3v) is 3.93. The van der Waals surface area contributed by atoms with Crippen molar-refractivity contribution < 1.29 is 14.7 Å². The van der Waals surface area contributed by atoms with Gasteiger partial charge in [0.1, 0.15) is 5.75 Å². The molecule has 0 aromatic heterocycles. The van der Waals surface area contributed by atoms with Gasteiger partial charge >= 0.3 is 0 Å². The number of ketones is 1. The van der Waals surface area contributed by atoms with Gasteiger partial charge in [0, 0.05) is 16.1 Å². The van der Waals surface area contributed by atoms with Crippen LogP contribution in [0, 0.1) is 0 Å². The number of para-hydroxylation sites is 2. The van der Waals surface area contributed by atoms with Crippen LogP contribution in [0.2, 0.25) is 5.02 Å². The Morgan fingerprint density at radius 1 is 0.800 bits per heavy atom. The molecule has 0 aliphatic carbocycles. The van der Waals surface area contributed by atoms with Gasteiger partial charge in [0.15, 0.2) is 5.78 Å². The van der Waals surface area contributed by atoms with Gasteiger partial charge in [-0.25, -0.2) is 0 Å². The molecular formula is C20H14ClNO3. The number of anilines is 1. The van der Waals surface area contributed by atoms with Crippen LogP contribution in [-0.2, 0) is 0 Å². The van der Waals surface area contributed by atoms with Crippen LogP contribution in [0.5, 0.6) is 5.75 Å². The van der Waals surface area contributed by atoms with Gasteiger partial charge in [-0.2, -0.15) is 0 Å². The number of hydrogen-bond acceptors (Lipinski definition) is 3. The zero-order valence-corrected chi connectivity index (χ0v) is 13.8. The quantitative estimate of drug-likeness (QED) is 0.536. The largest absolute Gasteiger partial charge is 0.506 e. The number of benzene rings is 3. The molecule has 0 heterocycles. The molecule has 3 aromatic rings. The zero-order chi connectivity index (χ0) is 17.8. The summed E-state index contributed by atoms with van der Waals surface area (Å²) < 4.78 is 0. The van der Waals surface area contributed by atoms with E-state index in [1.807, 2.05) is 0 Å². The molecular weight excluding hydrogens is 338 g/mol. The standard InChI is InChI=1S/C20H14ClNO3/c21-14-11-9-13(10-12-14)19(24)15-5-1-2-6-16(15)20(25)22-17-7-3-4-8-18(17)23/h1-12,23H,(H,22,25). The predicted molar refractivity (Wildman–Crippen MR) is 97.4 cm³/mol. The fraction of sp³-hybridized carbons (Fsp3) is 0. The molecule has 25 heavy (non-hydrogen) atoms. The molecule has 124 valence electrons. The molecule has 0 atom stereocenters. The number of carbonyl (C=O) groups excluding carboxylic acids is 2. The number of phenols is 1. The zero-order valence-electron chi connectivity index (χ0n) is 13.1. The number of nitrogens with one attached hydrogen (secondary N) is 1. The molecule has 5 heteroatoms. The highest BCUT2D eigenvalue weighted by molar-refractivity contribution is 6.30. The van der Waals surface area contributed by atoms with Gasteiger partial charge in [-0.1, -0.05) is 41.9 Å². The molecule has 0 saturated heterocycles. The monoisotopic (exact) mass is 351 g/mol. The molecule has 0 bridgehead atoms. The lowest BCUT2D eigenvalue weighted by Gasteiger charge is -2.10. The predicted octanol–water partition coefficient (Wildman–Crippen LogP) is 4.53. The second-order valence-electron chi connectivity index (χ2n) is 5.35. The van der Waals surface area contributed by atoms with Crippen LogP contribution < -0.4 is 5.32 Å². The van der Waals surface area contributed by atoms with Gasteiger partial charge in [-0.3, -0.25) is 9.59 Å². The third-order valence-electron chi connectivity index (χ3n) is 3.67. The summed E-state index contributed by atoms with van der Waals surface area (Å²) in [5.41, 5.74) is 1.22. The molecule has 2 N–H and O–H groups in total. The number of carbonyl (C=O) groups is 2. The highest BCUT2D eigenvalue weighted by Gasteiger charge is 2.18. The first kappa shape index (κ1) is 16.7. The molecule has 0 radical (unpaired) electrons. The van der Waals surface area contributed by atoms with Gasteiger partial charge in [-0.15, -0.1) is 0 Å². The molecule has 1 amide bonds. The fourth-order valence-corrected chi connectivity index (χ4v) is 2.53. The van der Waals surface area contributed by atoms with Gasteiger partial charge in [0.2, 0.25) is 0 Å². The van der Waals surface area contributed by atoms with E-state index < -0.39 is 5.91 Å². The van der Waals surface area contributed by atoms with Gasteiger partial charge in [-0.05, 0) is 42.5 Å². The summed E-state index contributed by atoms with van der Waals surface area (Å²) in [5, 5.41) is 12.9. The Morgan fingerprint density at radius 2 is 1.40 bits per heavy atom. The topological polar surface area (TPSA) is 66.4 Å². The summed E-state index contributed by atoms with van der Waals surface area (Å²) in [6.07, 6.45) is 0. The van der Waals surface area contributed by atoms with Gasteiger partial charge in [0.05, 0.1) is 11.3 Å². The summed E-state index contributed by atoms with van der Waals surface area (Å²) in [6, 6.07) is 19.4. The number of phenolic OH excluding ortho intramolecular Hbond substituents is 1. The summed E-state index contributed by atoms with van der Waals surface area (Å²) in [5.74, 6) is -0.795. The molecule has 0 aliphatic heterocycles. The van der Waals surface area contributed by atoms with E-state index in [2.05, 4.69) is 5.32 Å². The van der Waals surface area contributed by atoms with Crippen molar-refractivity contribution in [1.82, 2.24) is 0 Å². The lowest BCUT2D eigenvalue weighted by atomic mass is 9.98. The second kappa shape index (κ2) is 7.20. The first-order valence-electron chi connectivity index (χ1n) is 7.55. The number of rotatable bonds is 4. The Bertz CT molecular complexity index is 936. The van der Waals surface area contributed by atoms with Crippen LogP contribution in [0.25, 0.3) is 0 Å². The smallest absolute Gasteiger partial charge is 0.256 e. The number of aromatic hydroxyl groups is 1. The molecule has 0 unspecified atom stereocenters. The van der Waals surface area contributed by atoms with E-state index >= 15 is 0 Å². The van der Waals surface area contributed by atoms with Crippen LogP contribution in [-0.4, -0.2) is 16.8 Å². The van der Waals surface area contributed by atoms with Crippen LogP contribution in [0.1, 0.15) is 26.3 Å². The van der Waals surface area contributed by atoms with E-state index in [1.165, 1.54) is 6.07 Å². The lowest BCUT2D eigenvalue weighted by Crippen LogP contribution is -2.17.